The average Bonchev–Trinajstić information content (AvgIpc) is 2.46. The molecule has 0 saturated carbocycles. The minimum Gasteiger partial charge on any atom is -0.491 e. The van der Waals surface area contributed by atoms with Crippen LogP contribution in [0.4, 0.5) is 0 Å². The Hall–Kier alpha value is -2.29. The maximum absolute atomic E-state index is 11.4. The van der Waals surface area contributed by atoms with Crippen molar-refractivity contribution in [1.29, 1.82) is 0 Å². The predicted octanol–water partition coefficient (Wildman–Crippen LogP) is 3.79. The van der Waals surface area contributed by atoms with E-state index in [1.165, 1.54) is 5.56 Å². The molecule has 2 rings (SSSR count). The summed E-state index contributed by atoms with van der Waals surface area (Å²) >= 11 is 0. The molecule has 22 heavy (non-hydrogen) atoms. The van der Waals surface area contributed by atoms with Gasteiger partial charge in [-0.15, -0.1) is 0 Å². The first-order valence-corrected chi connectivity index (χ1v) is 7.57. The molecule has 0 bridgehead atoms. The second kappa shape index (κ2) is 7.12. The smallest absolute Gasteiger partial charge is 0.218 e. The van der Waals surface area contributed by atoms with Gasteiger partial charge in [0.15, 0.2) is 0 Å². The van der Waals surface area contributed by atoms with Gasteiger partial charge in [-0.3, -0.25) is 4.79 Å². The quantitative estimate of drug-likeness (QED) is 0.882. The van der Waals surface area contributed by atoms with Crippen molar-refractivity contribution in [2.75, 3.05) is 0 Å². The van der Waals surface area contributed by atoms with Crippen LogP contribution in [0, 0.1) is 6.92 Å². The van der Waals surface area contributed by atoms with E-state index in [-0.39, 0.29) is 17.9 Å². The zero-order chi connectivity index (χ0) is 16.1. The number of ether oxygens (including phenoxy) is 1. The highest BCUT2D eigenvalue weighted by atomic mass is 16.5. The lowest BCUT2D eigenvalue weighted by atomic mass is 9.88. The molecule has 0 aliphatic heterocycles. The molecular formula is C19H23NO2. The average molecular weight is 297 g/mol. The molecule has 2 aromatic carbocycles. The lowest BCUT2D eigenvalue weighted by Crippen LogP contribution is -2.16. The fourth-order valence-corrected chi connectivity index (χ4v) is 2.48. The van der Waals surface area contributed by atoms with Crippen molar-refractivity contribution in [1.82, 2.24) is 0 Å². The molecule has 1 atom stereocenters. The molecule has 0 aliphatic carbocycles. The molecule has 0 spiro atoms. The molecule has 3 nitrogen and oxygen atoms in total. The highest BCUT2D eigenvalue weighted by molar-refractivity contribution is 5.75. The number of carbonyl (C=O) groups excluding carboxylic acids is 1. The van der Waals surface area contributed by atoms with E-state index in [2.05, 4.69) is 24.3 Å². The molecule has 1 amide bonds. The van der Waals surface area contributed by atoms with Crippen LogP contribution in [0.25, 0.3) is 0 Å². The maximum atomic E-state index is 11.4. The van der Waals surface area contributed by atoms with E-state index >= 15 is 0 Å². The molecule has 2 aromatic rings. The van der Waals surface area contributed by atoms with E-state index in [4.69, 9.17) is 10.5 Å². The highest BCUT2D eigenvalue weighted by Gasteiger charge is 2.17. The Morgan fingerprint density at radius 3 is 1.95 bits per heavy atom. The van der Waals surface area contributed by atoms with Crippen LogP contribution in [-0.2, 0) is 4.79 Å². The number of aryl methyl sites for hydroxylation is 1. The van der Waals surface area contributed by atoms with Gasteiger partial charge in [-0.1, -0.05) is 42.0 Å². The summed E-state index contributed by atoms with van der Waals surface area (Å²) < 4.78 is 5.66. The van der Waals surface area contributed by atoms with E-state index < -0.39 is 0 Å². The fourth-order valence-electron chi connectivity index (χ4n) is 2.48. The van der Waals surface area contributed by atoms with Crippen molar-refractivity contribution in [3.8, 4) is 5.75 Å². The second-order valence-electron chi connectivity index (χ2n) is 5.87. The van der Waals surface area contributed by atoms with Crippen LogP contribution in [0.1, 0.15) is 42.9 Å². The first-order valence-electron chi connectivity index (χ1n) is 7.57. The third kappa shape index (κ3) is 4.35. The Labute approximate surface area is 132 Å². The Balaban J connectivity index is 2.28. The Morgan fingerprint density at radius 2 is 1.50 bits per heavy atom. The lowest BCUT2D eigenvalue weighted by molar-refractivity contribution is -0.118. The third-order valence-corrected chi connectivity index (χ3v) is 3.54. The summed E-state index contributed by atoms with van der Waals surface area (Å²) in [6.45, 7) is 6.04. The molecule has 0 saturated heterocycles. The first kappa shape index (κ1) is 16.1. The maximum Gasteiger partial charge on any atom is 0.218 e. The zero-order valence-electron chi connectivity index (χ0n) is 13.4. The van der Waals surface area contributed by atoms with Crippen LogP contribution in [0.2, 0.25) is 0 Å². The van der Waals surface area contributed by atoms with Gasteiger partial charge in [0.25, 0.3) is 0 Å². The summed E-state index contributed by atoms with van der Waals surface area (Å²) in [5.41, 5.74) is 8.79. The van der Waals surface area contributed by atoms with Crippen LogP contribution < -0.4 is 10.5 Å². The van der Waals surface area contributed by atoms with Gasteiger partial charge in [-0.25, -0.2) is 0 Å². The van der Waals surface area contributed by atoms with Crippen molar-refractivity contribution < 1.29 is 9.53 Å². The van der Waals surface area contributed by atoms with Crippen LogP contribution in [-0.4, -0.2) is 12.0 Å². The molecule has 0 aromatic heterocycles. The number of carbonyl (C=O) groups is 1. The molecule has 0 radical (unpaired) electrons. The normalized spacial score (nSPS) is 12.2. The minimum atomic E-state index is -0.298. The molecule has 116 valence electrons. The third-order valence-electron chi connectivity index (χ3n) is 3.54. The van der Waals surface area contributed by atoms with Gasteiger partial charge in [-0.2, -0.15) is 0 Å². The molecule has 3 heteroatoms. The number of rotatable bonds is 6. The van der Waals surface area contributed by atoms with Gasteiger partial charge in [0, 0.05) is 12.3 Å². The highest BCUT2D eigenvalue weighted by Crippen LogP contribution is 2.29. The van der Waals surface area contributed by atoms with Crippen LogP contribution in [0.3, 0.4) is 0 Å². The van der Waals surface area contributed by atoms with Crippen molar-refractivity contribution in [3.63, 3.8) is 0 Å². The van der Waals surface area contributed by atoms with Crippen molar-refractivity contribution in [2.24, 2.45) is 5.73 Å². The van der Waals surface area contributed by atoms with Crippen LogP contribution >= 0.6 is 0 Å². The summed E-state index contributed by atoms with van der Waals surface area (Å²) in [6, 6.07) is 16.1. The molecule has 0 heterocycles. The van der Waals surface area contributed by atoms with Crippen LogP contribution in [0.15, 0.2) is 48.5 Å². The molecule has 0 fully saturated rings. The van der Waals surface area contributed by atoms with Gasteiger partial charge in [0.2, 0.25) is 5.91 Å². The first-order chi connectivity index (χ1) is 10.5. The summed E-state index contributed by atoms with van der Waals surface area (Å²) in [5.74, 6) is 0.514. The largest absolute Gasteiger partial charge is 0.491 e. The number of nitrogens with two attached hydrogens (primary N) is 1. The van der Waals surface area contributed by atoms with E-state index in [0.29, 0.717) is 6.42 Å². The Bertz CT molecular complexity index is 615. The Kier molecular flexibility index (Phi) is 5.21. The monoisotopic (exact) mass is 297 g/mol. The molecular weight excluding hydrogens is 274 g/mol. The summed E-state index contributed by atoms with van der Waals surface area (Å²) in [4.78, 5) is 11.4. The minimum absolute atomic E-state index is 0.0220. The van der Waals surface area contributed by atoms with Crippen molar-refractivity contribution in [2.45, 2.75) is 39.2 Å². The van der Waals surface area contributed by atoms with Gasteiger partial charge in [-0.05, 0) is 44.0 Å². The van der Waals surface area contributed by atoms with Crippen molar-refractivity contribution in [3.05, 3.63) is 65.2 Å². The number of primary amides is 1. The lowest BCUT2D eigenvalue weighted by Gasteiger charge is -2.18. The second-order valence-corrected chi connectivity index (χ2v) is 5.87. The predicted molar refractivity (Wildman–Crippen MR) is 89.0 cm³/mol. The van der Waals surface area contributed by atoms with E-state index in [1.807, 2.05) is 45.0 Å². The topological polar surface area (TPSA) is 52.3 Å². The van der Waals surface area contributed by atoms with Crippen LogP contribution in [0.5, 0.6) is 5.75 Å². The van der Waals surface area contributed by atoms with E-state index in [0.717, 1.165) is 16.9 Å². The fraction of sp³-hybridized carbons (Fsp3) is 0.316. The van der Waals surface area contributed by atoms with E-state index in [1.54, 1.807) is 0 Å². The number of hydrogen-bond acceptors (Lipinski definition) is 2. The summed E-state index contributed by atoms with van der Waals surface area (Å²) in [7, 11) is 0. The number of hydrogen-bond donors (Lipinski definition) is 1. The van der Waals surface area contributed by atoms with E-state index in [9.17, 15) is 4.79 Å². The van der Waals surface area contributed by atoms with Crippen molar-refractivity contribution >= 4 is 5.91 Å². The molecule has 2 N–H and O–H groups in total. The van der Waals surface area contributed by atoms with Gasteiger partial charge in [0.05, 0.1) is 6.10 Å². The molecule has 0 aliphatic rings. The van der Waals surface area contributed by atoms with Gasteiger partial charge in [0.1, 0.15) is 5.75 Å². The van der Waals surface area contributed by atoms with Gasteiger partial charge < -0.3 is 10.5 Å². The summed E-state index contributed by atoms with van der Waals surface area (Å²) in [5, 5.41) is 0. The SMILES string of the molecule is Cc1ccc(C(CC(N)=O)c2ccc(OC(C)C)cc2)cc1. The Morgan fingerprint density at radius 1 is 1.00 bits per heavy atom. The molecule has 1 unspecified atom stereocenters. The van der Waals surface area contributed by atoms with Gasteiger partial charge >= 0.3 is 0 Å². The number of amides is 1. The zero-order valence-corrected chi connectivity index (χ0v) is 13.4. The standard InChI is InChI=1S/C19H23NO2/c1-13(2)22-17-10-8-16(9-11-17)18(12-19(20)21)15-6-4-14(3)5-7-15/h4-11,13,18H,12H2,1-3H3,(H2,20,21). The summed E-state index contributed by atoms with van der Waals surface area (Å²) in [6.07, 6.45) is 0.442. The number of benzene rings is 2.